The van der Waals surface area contributed by atoms with E-state index in [-0.39, 0.29) is 12.5 Å². The molecule has 4 nitrogen and oxygen atoms in total. The summed E-state index contributed by atoms with van der Waals surface area (Å²) in [7, 11) is 0. The maximum Gasteiger partial charge on any atom is 0.249 e. The molecule has 1 fully saturated rings. The standard InChI is InChI=1S/C15H22N2O2/c16-15(19)14-7-2-1-5-12(14)11-17-9-4-3-6-13(17)8-10-18/h1-2,5,7,13,18H,3-4,6,8-11H2,(H2,16,19). The molecule has 4 heteroatoms. The minimum Gasteiger partial charge on any atom is -0.396 e. The molecular formula is C15H22N2O2. The lowest BCUT2D eigenvalue weighted by molar-refractivity contribution is 0.0986. The number of aliphatic hydroxyl groups is 1. The number of carbonyl (C=O) groups excluding carboxylic acids is 1. The zero-order valence-corrected chi connectivity index (χ0v) is 11.2. The second kappa shape index (κ2) is 6.68. The van der Waals surface area contributed by atoms with Crippen molar-refractivity contribution in [3.63, 3.8) is 0 Å². The van der Waals surface area contributed by atoms with Gasteiger partial charge in [-0.25, -0.2) is 0 Å². The number of hydrogen-bond donors (Lipinski definition) is 2. The molecule has 0 aromatic heterocycles. The Bertz CT molecular complexity index is 432. The van der Waals surface area contributed by atoms with Gasteiger partial charge in [0.25, 0.3) is 0 Å². The van der Waals surface area contributed by atoms with Crippen LogP contribution in [0.15, 0.2) is 24.3 Å². The molecule has 0 aliphatic carbocycles. The first-order chi connectivity index (χ1) is 9.22. The minimum atomic E-state index is -0.369. The van der Waals surface area contributed by atoms with Crippen molar-refractivity contribution >= 4 is 5.91 Å². The van der Waals surface area contributed by atoms with Gasteiger partial charge >= 0.3 is 0 Å². The van der Waals surface area contributed by atoms with E-state index >= 15 is 0 Å². The number of likely N-dealkylation sites (tertiary alicyclic amines) is 1. The van der Waals surface area contributed by atoms with Gasteiger partial charge in [-0.15, -0.1) is 0 Å². The molecule has 0 spiro atoms. The van der Waals surface area contributed by atoms with Gasteiger partial charge in [0, 0.05) is 24.8 Å². The van der Waals surface area contributed by atoms with Crippen LogP contribution in [0.2, 0.25) is 0 Å². The van der Waals surface area contributed by atoms with Gasteiger partial charge in [0.15, 0.2) is 0 Å². The highest BCUT2D eigenvalue weighted by Crippen LogP contribution is 2.22. The van der Waals surface area contributed by atoms with Crippen LogP contribution in [0.1, 0.15) is 41.6 Å². The number of benzene rings is 1. The van der Waals surface area contributed by atoms with Crippen LogP contribution in [0, 0.1) is 0 Å². The van der Waals surface area contributed by atoms with Crippen LogP contribution in [0.3, 0.4) is 0 Å². The van der Waals surface area contributed by atoms with Crippen molar-refractivity contribution in [3.05, 3.63) is 35.4 Å². The molecule has 104 valence electrons. The van der Waals surface area contributed by atoms with Gasteiger partial charge in [-0.05, 0) is 37.4 Å². The lowest BCUT2D eigenvalue weighted by atomic mass is 9.97. The van der Waals surface area contributed by atoms with Crippen LogP contribution in [-0.2, 0) is 6.54 Å². The average Bonchev–Trinajstić information content (AvgIpc) is 2.42. The van der Waals surface area contributed by atoms with E-state index in [9.17, 15) is 4.79 Å². The maximum absolute atomic E-state index is 11.4. The van der Waals surface area contributed by atoms with Crippen LogP contribution in [0.4, 0.5) is 0 Å². The zero-order valence-electron chi connectivity index (χ0n) is 11.2. The molecule has 1 aliphatic rings. The van der Waals surface area contributed by atoms with Gasteiger partial charge in [-0.2, -0.15) is 0 Å². The first kappa shape index (κ1) is 14.0. The third-order valence-corrected chi connectivity index (χ3v) is 3.87. The van der Waals surface area contributed by atoms with Crippen LogP contribution in [0.25, 0.3) is 0 Å². The summed E-state index contributed by atoms with van der Waals surface area (Å²) < 4.78 is 0. The summed E-state index contributed by atoms with van der Waals surface area (Å²) in [5.41, 5.74) is 7.01. The molecule has 19 heavy (non-hydrogen) atoms. The third-order valence-electron chi connectivity index (χ3n) is 3.87. The molecule has 2 rings (SSSR count). The molecule has 1 saturated heterocycles. The van der Waals surface area contributed by atoms with Crippen LogP contribution >= 0.6 is 0 Å². The van der Waals surface area contributed by atoms with Crippen molar-refractivity contribution in [1.29, 1.82) is 0 Å². The number of aliphatic hydroxyl groups excluding tert-OH is 1. The molecule has 1 aromatic carbocycles. The van der Waals surface area contributed by atoms with E-state index in [2.05, 4.69) is 4.90 Å². The van der Waals surface area contributed by atoms with Crippen molar-refractivity contribution in [3.8, 4) is 0 Å². The van der Waals surface area contributed by atoms with Crippen molar-refractivity contribution in [2.24, 2.45) is 5.73 Å². The van der Waals surface area contributed by atoms with Crippen LogP contribution in [-0.4, -0.2) is 35.1 Å². The Balaban J connectivity index is 2.12. The molecule has 1 aromatic rings. The molecule has 0 saturated carbocycles. The lowest BCUT2D eigenvalue weighted by Crippen LogP contribution is -2.39. The number of rotatable bonds is 5. The summed E-state index contributed by atoms with van der Waals surface area (Å²) in [4.78, 5) is 13.8. The fourth-order valence-electron chi connectivity index (χ4n) is 2.86. The van der Waals surface area contributed by atoms with Crippen molar-refractivity contribution in [1.82, 2.24) is 4.90 Å². The summed E-state index contributed by atoms with van der Waals surface area (Å²) in [6.07, 6.45) is 4.33. The number of nitrogens with two attached hydrogens (primary N) is 1. The number of amides is 1. The van der Waals surface area contributed by atoms with Crippen LogP contribution in [0.5, 0.6) is 0 Å². The van der Waals surface area contributed by atoms with Gasteiger partial charge < -0.3 is 10.8 Å². The maximum atomic E-state index is 11.4. The molecule has 0 radical (unpaired) electrons. The lowest BCUT2D eigenvalue weighted by Gasteiger charge is -2.35. The number of piperidine rings is 1. The van der Waals surface area contributed by atoms with E-state index in [1.807, 2.05) is 18.2 Å². The second-order valence-electron chi connectivity index (χ2n) is 5.15. The van der Waals surface area contributed by atoms with Gasteiger partial charge in [-0.3, -0.25) is 9.69 Å². The van der Waals surface area contributed by atoms with Gasteiger partial charge in [0.2, 0.25) is 5.91 Å². The molecule has 1 heterocycles. The van der Waals surface area contributed by atoms with E-state index in [1.54, 1.807) is 6.07 Å². The van der Waals surface area contributed by atoms with Crippen LogP contribution < -0.4 is 5.73 Å². The van der Waals surface area contributed by atoms with E-state index in [0.29, 0.717) is 11.6 Å². The molecule has 1 amide bonds. The molecule has 0 bridgehead atoms. The summed E-state index contributed by atoms with van der Waals surface area (Å²) in [6, 6.07) is 7.94. The summed E-state index contributed by atoms with van der Waals surface area (Å²) in [5, 5.41) is 9.14. The molecular weight excluding hydrogens is 240 g/mol. The largest absolute Gasteiger partial charge is 0.396 e. The smallest absolute Gasteiger partial charge is 0.249 e. The zero-order chi connectivity index (χ0) is 13.7. The number of primary amides is 1. The fourth-order valence-corrected chi connectivity index (χ4v) is 2.86. The van der Waals surface area contributed by atoms with E-state index in [4.69, 9.17) is 10.8 Å². The first-order valence-electron chi connectivity index (χ1n) is 6.95. The minimum absolute atomic E-state index is 0.221. The Morgan fingerprint density at radius 3 is 2.89 bits per heavy atom. The van der Waals surface area contributed by atoms with E-state index < -0.39 is 0 Å². The molecule has 1 aliphatic heterocycles. The Kier molecular flexibility index (Phi) is 4.93. The number of hydrogen-bond acceptors (Lipinski definition) is 3. The van der Waals surface area contributed by atoms with Gasteiger partial charge in [-0.1, -0.05) is 24.6 Å². The summed E-state index contributed by atoms with van der Waals surface area (Å²) in [5.74, 6) is -0.369. The fraction of sp³-hybridized carbons (Fsp3) is 0.533. The van der Waals surface area contributed by atoms with Gasteiger partial charge in [0.1, 0.15) is 0 Å². The predicted molar refractivity (Wildman–Crippen MR) is 74.7 cm³/mol. The molecule has 3 N–H and O–H groups in total. The topological polar surface area (TPSA) is 66.6 Å². The van der Waals surface area contributed by atoms with Crippen molar-refractivity contribution < 1.29 is 9.90 Å². The molecule has 1 atom stereocenters. The average molecular weight is 262 g/mol. The second-order valence-corrected chi connectivity index (χ2v) is 5.15. The number of nitrogens with zero attached hydrogens (tertiary/aromatic N) is 1. The number of carbonyl (C=O) groups is 1. The Hall–Kier alpha value is -1.39. The highest BCUT2D eigenvalue weighted by molar-refractivity contribution is 5.94. The third kappa shape index (κ3) is 3.55. The Labute approximate surface area is 114 Å². The van der Waals surface area contributed by atoms with Crippen molar-refractivity contribution in [2.45, 2.75) is 38.3 Å². The Morgan fingerprint density at radius 1 is 1.37 bits per heavy atom. The summed E-state index contributed by atoms with van der Waals surface area (Å²) in [6.45, 7) is 1.99. The van der Waals surface area contributed by atoms with Gasteiger partial charge in [0.05, 0.1) is 0 Å². The monoisotopic (exact) mass is 262 g/mol. The summed E-state index contributed by atoms with van der Waals surface area (Å²) >= 11 is 0. The highest BCUT2D eigenvalue weighted by Gasteiger charge is 2.23. The van der Waals surface area contributed by atoms with E-state index in [1.165, 1.54) is 12.8 Å². The van der Waals surface area contributed by atoms with E-state index in [0.717, 1.165) is 31.5 Å². The SMILES string of the molecule is NC(=O)c1ccccc1CN1CCCCC1CCO. The highest BCUT2D eigenvalue weighted by atomic mass is 16.3. The van der Waals surface area contributed by atoms with Crippen molar-refractivity contribution in [2.75, 3.05) is 13.2 Å². The Morgan fingerprint density at radius 2 is 2.16 bits per heavy atom. The first-order valence-corrected chi connectivity index (χ1v) is 6.95. The molecule has 1 unspecified atom stereocenters. The quantitative estimate of drug-likeness (QED) is 0.845. The predicted octanol–water partition coefficient (Wildman–Crippen LogP) is 1.52. The normalized spacial score (nSPS) is 20.4.